The van der Waals surface area contributed by atoms with Crippen molar-refractivity contribution in [3.05, 3.63) is 17.5 Å². The Morgan fingerprint density at radius 3 is 2.88 bits per heavy atom. The summed E-state index contributed by atoms with van der Waals surface area (Å²) in [5.74, 6) is 0.00311. The number of ether oxygens (including phenoxy) is 2. The van der Waals surface area contributed by atoms with Gasteiger partial charge in [0.25, 0.3) is 0 Å². The van der Waals surface area contributed by atoms with Crippen molar-refractivity contribution in [2.45, 2.75) is 25.7 Å². The third-order valence-corrected chi connectivity index (χ3v) is 2.44. The van der Waals surface area contributed by atoms with Gasteiger partial charge in [0, 0.05) is 12.1 Å². The summed E-state index contributed by atoms with van der Waals surface area (Å²) >= 11 is 0. The van der Waals surface area contributed by atoms with Gasteiger partial charge in [0.15, 0.2) is 0 Å². The van der Waals surface area contributed by atoms with Crippen LogP contribution < -0.4 is 4.74 Å². The first-order valence-electron chi connectivity index (χ1n) is 5.34. The Balaban J connectivity index is 2.32. The molecule has 0 aromatic carbocycles. The van der Waals surface area contributed by atoms with E-state index >= 15 is 0 Å². The average Bonchev–Trinajstić information content (AvgIpc) is 3.12. The van der Waals surface area contributed by atoms with E-state index in [1.807, 2.05) is 0 Å². The molecule has 86 valence electrons. The van der Waals surface area contributed by atoms with Crippen LogP contribution >= 0.6 is 0 Å². The molecule has 0 N–H and O–H groups in total. The number of aromatic nitrogens is 2. The van der Waals surface area contributed by atoms with E-state index in [1.54, 1.807) is 6.92 Å². The van der Waals surface area contributed by atoms with Crippen molar-refractivity contribution < 1.29 is 14.3 Å². The van der Waals surface area contributed by atoms with E-state index in [2.05, 4.69) is 9.97 Å². The van der Waals surface area contributed by atoms with Gasteiger partial charge in [-0.3, -0.25) is 0 Å². The molecular formula is C11H14N2O3. The van der Waals surface area contributed by atoms with Crippen LogP contribution in [0, 0.1) is 0 Å². The Morgan fingerprint density at radius 1 is 1.56 bits per heavy atom. The van der Waals surface area contributed by atoms with Gasteiger partial charge in [0.1, 0.15) is 5.56 Å². The molecule has 1 aliphatic rings. The molecule has 0 bridgehead atoms. The second kappa shape index (κ2) is 4.47. The van der Waals surface area contributed by atoms with E-state index in [-0.39, 0.29) is 5.97 Å². The van der Waals surface area contributed by atoms with Crippen LogP contribution in [0.25, 0.3) is 0 Å². The molecule has 5 heteroatoms. The Labute approximate surface area is 93.8 Å². The maximum atomic E-state index is 11.7. The lowest BCUT2D eigenvalue weighted by Gasteiger charge is -2.07. The van der Waals surface area contributed by atoms with Crippen LogP contribution in [-0.4, -0.2) is 29.7 Å². The zero-order valence-corrected chi connectivity index (χ0v) is 9.40. The lowest BCUT2D eigenvalue weighted by Crippen LogP contribution is -2.10. The average molecular weight is 222 g/mol. The number of methoxy groups -OCH3 is 1. The molecule has 0 spiro atoms. The summed E-state index contributed by atoms with van der Waals surface area (Å²) in [6, 6.07) is 0.301. The van der Waals surface area contributed by atoms with Crippen molar-refractivity contribution in [3.8, 4) is 6.01 Å². The third-order valence-electron chi connectivity index (χ3n) is 2.44. The summed E-state index contributed by atoms with van der Waals surface area (Å²) in [5, 5.41) is 0. The summed E-state index contributed by atoms with van der Waals surface area (Å²) in [4.78, 5) is 19.8. The summed E-state index contributed by atoms with van der Waals surface area (Å²) in [6.07, 6.45) is 3.61. The number of hydrogen-bond donors (Lipinski definition) is 0. The lowest BCUT2D eigenvalue weighted by molar-refractivity contribution is 0.0523. The van der Waals surface area contributed by atoms with Crippen LogP contribution in [0.2, 0.25) is 0 Å². The van der Waals surface area contributed by atoms with E-state index in [1.165, 1.54) is 13.3 Å². The maximum absolute atomic E-state index is 11.7. The topological polar surface area (TPSA) is 61.3 Å². The predicted octanol–water partition coefficient (Wildman–Crippen LogP) is 1.54. The molecule has 1 heterocycles. The van der Waals surface area contributed by atoms with Crippen molar-refractivity contribution >= 4 is 5.97 Å². The summed E-state index contributed by atoms with van der Waals surface area (Å²) in [7, 11) is 1.51. The molecule has 0 saturated heterocycles. The number of hydrogen-bond acceptors (Lipinski definition) is 5. The highest BCUT2D eigenvalue weighted by atomic mass is 16.5. The maximum Gasteiger partial charge on any atom is 0.341 e. The molecule has 0 unspecified atom stereocenters. The van der Waals surface area contributed by atoms with Crippen LogP contribution in [-0.2, 0) is 4.74 Å². The van der Waals surface area contributed by atoms with Crippen molar-refractivity contribution in [2.24, 2.45) is 0 Å². The first kappa shape index (κ1) is 10.9. The van der Waals surface area contributed by atoms with Crippen LogP contribution in [0.15, 0.2) is 6.20 Å². The van der Waals surface area contributed by atoms with Gasteiger partial charge in [-0.05, 0) is 19.8 Å². The van der Waals surface area contributed by atoms with Gasteiger partial charge in [-0.1, -0.05) is 0 Å². The van der Waals surface area contributed by atoms with Crippen molar-refractivity contribution in [3.63, 3.8) is 0 Å². The smallest absolute Gasteiger partial charge is 0.341 e. The monoisotopic (exact) mass is 222 g/mol. The zero-order chi connectivity index (χ0) is 11.5. The normalized spacial score (nSPS) is 14.6. The van der Waals surface area contributed by atoms with Gasteiger partial charge in [-0.25, -0.2) is 9.78 Å². The first-order valence-corrected chi connectivity index (χ1v) is 5.34. The molecular weight excluding hydrogens is 208 g/mol. The van der Waals surface area contributed by atoms with Crippen molar-refractivity contribution in [1.82, 2.24) is 9.97 Å². The molecule has 0 aliphatic heterocycles. The van der Waals surface area contributed by atoms with Crippen LogP contribution in [0.4, 0.5) is 0 Å². The van der Waals surface area contributed by atoms with Gasteiger partial charge in [0.05, 0.1) is 19.4 Å². The third kappa shape index (κ3) is 2.13. The number of nitrogens with zero attached hydrogens (tertiary/aromatic N) is 2. The first-order chi connectivity index (χ1) is 7.76. The fourth-order valence-corrected chi connectivity index (χ4v) is 1.51. The predicted molar refractivity (Wildman–Crippen MR) is 56.5 cm³/mol. The SMILES string of the molecule is CCOC(=O)c1cnc(OC)nc1C1CC1. The number of rotatable bonds is 4. The van der Waals surface area contributed by atoms with E-state index in [4.69, 9.17) is 9.47 Å². The van der Waals surface area contributed by atoms with Gasteiger partial charge in [-0.15, -0.1) is 0 Å². The summed E-state index contributed by atoms with van der Waals surface area (Å²) < 4.78 is 9.91. The van der Waals surface area contributed by atoms with E-state index in [0.717, 1.165) is 18.5 Å². The largest absolute Gasteiger partial charge is 0.467 e. The van der Waals surface area contributed by atoms with Gasteiger partial charge in [-0.2, -0.15) is 4.98 Å². The van der Waals surface area contributed by atoms with Crippen LogP contribution in [0.3, 0.4) is 0 Å². The Bertz CT molecular complexity index is 402. The van der Waals surface area contributed by atoms with E-state index in [9.17, 15) is 4.79 Å². The van der Waals surface area contributed by atoms with Crippen LogP contribution in [0.5, 0.6) is 6.01 Å². The Morgan fingerprint density at radius 2 is 2.31 bits per heavy atom. The quantitative estimate of drug-likeness (QED) is 0.723. The standard InChI is InChI=1S/C11H14N2O3/c1-3-16-10(14)8-6-12-11(15-2)13-9(8)7-4-5-7/h6-7H,3-5H2,1-2H3. The fraction of sp³-hybridized carbons (Fsp3) is 0.545. The van der Waals surface area contributed by atoms with Gasteiger partial charge >= 0.3 is 12.0 Å². The molecule has 1 saturated carbocycles. The number of carbonyl (C=O) groups excluding carboxylic acids is 1. The molecule has 1 aliphatic carbocycles. The Hall–Kier alpha value is -1.65. The minimum Gasteiger partial charge on any atom is -0.467 e. The van der Waals surface area contributed by atoms with Crippen molar-refractivity contribution in [1.29, 1.82) is 0 Å². The summed E-state index contributed by atoms with van der Waals surface area (Å²) in [6.45, 7) is 2.13. The lowest BCUT2D eigenvalue weighted by atomic mass is 10.1. The molecule has 16 heavy (non-hydrogen) atoms. The minimum atomic E-state index is -0.355. The molecule has 5 nitrogen and oxygen atoms in total. The second-order valence-electron chi connectivity index (χ2n) is 3.65. The molecule has 2 rings (SSSR count). The fourth-order valence-electron chi connectivity index (χ4n) is 1.51. The molecule has 1 aromatic rings. The molecule has 0 amide bonds. The van der Waals surface area contributed by atoms with E-state index < -0.39 is 0 Å². The molecule has 0 atom stereocenters. The minimum absolute atomic E-state index is 0.301. The van der Waals surface area contributed by atoms with Gasteiger partial charge in [0.2, 0.25) is 0 Å². The van der Waals surface area contributed by atoms with Gasteiger partial charge < -0.3 is 9.47 Å². The summed E-state index contributed by atoms with van der Waals surface area (Å²) in [5.41, 5.74) is 1.22. The second-order valence-corrected chi connectivity index (χ2v) is 3.65. The highest BCUT2D eigenvalue weighted by Crippen LogP contribution is 2.41. The van der Waals surface area contributed by atoms with Crippen molar-refractivity contribution in [2.75, 3.05) is 13.7 Å². The van der Waals surface area contributed by atoms with E-state index in [0.29, 0.717) is 24.1 Å². The number of esters is 1. The zero-order valence-electron chi connectivity index (χ0n) is 9.40. The molecule has 0 radical (unpaired) electrons. The molecule has 1 fully saturated rings. The number of carbonyl (C=O) groups is 1. The van der Waals surface area contributed by atoms with Crippen LogP contribution in [0.1, 0.15) is 41.7 Å². The highest BCUT2D eigenvalue weighted by Gasteiger charge is 2.31. The molecule has 1 aromatic heterocycles. The highest BCUT2D eigenvalue weighted by molar-refractivity contribution is 5.90. The Kier molecular flexibility index (Phi) is 3.03.